The molecule has 1 N–H and O–H groups in total. The minimum atomic E-state index is -0.296. The number of nitrogens with one attached hydrogen (secondary N) is 1. The fourth-order valence-electron chi connectivity index (χ4n) is 2.27. The van der Waals surface area contributed by atoms with Gasteiger partial charge in [-0.3, -0.25) is 9.78 Å². The zero-order chi connectivity index (χ0) is 16.9. The number of halogens is 1. The monoisotopic (exact) mass is 321 g/mol. The van der Waals surface area contributed by atoms with Crippen molar-refractivity contribution in [3.8, 4) is 0 Å². The lowest BCUT2D eigenvalue weighted by Gasteiger charge is -2.17. The van der Waals surface area contributed by atoms with Crippen molar-refractivity contribution in [3.05, 3.63) is 84.4 Å². The summed E-state index contributed by atoms with van der Waals surface area (Å²) in [7, 11) is 1.71. The van der Waals surface area contributed by atoms with Gasteiger partial charge in [-0.25, -0.2) is 4.39 Å². The lowest BCUT2D eigenvalue weighted by molar-refractivity contribution is 0.0988. The minimum absolute atomic E-state index is 0.205. The van der Waals surface area contributed by atoms with Gasteiger partial charge in [-0.1, -0.05) is 18.2 Å². The lowest BCUT2D eigenvalue weighted by Crippen LogP contribution is -2.27. The van der Waals surface area contributed by atoms with Crippen molar-refractivity contribution in [1.82, 2.24) is 4.98 Å². The van der Waals surface area contributed by atoms with Crippen LogP contribution in [0.25, 0.3) is 0 Å². The second kappa shape index (κ2) is 6.91. The van der Waals surface area contributed by atoms with Crippen LogP contribution in [-0.2, 0) is 0 Å². The van der Waals surface area contributed by atoms with Gasteiger partial charge in [0.25, 0.3) is 5.91 Å². The first-order valence-corrected chi connectivity index (χ1v) is 7.45. The highest BCUT2D eigenvalue weighted by Crippen LogP contribution is 2.19. The molecule has 0 aliphatic heterocycles. The molecule has 120 valence electrons. The van der Waals surface area contributed by atoms with Crippen LogP contribution in [0, 0.1) is 5.82 Å². The molecule has 0 spiro atoms. The number of benzene rings is 2. The highest BCUT2D eigenvalue weighted by molar-refractivity contribution is 6.04. The van der Waals surface area contributed by atoms with Crippen molar-refractivity contribution < 1.29 is 9.18 Å². The summed E-state index contributed by atoms with van der Waals surface area (Å²) in [4.78, 5) is 18.3. The van der Waals surface area contributed by atoms with Crippen molar-refractivity contribution in [2.45, 2.75) is 0 Å². The fourth-order valence-corrected chi connectivity index (χ4v) is 2.27. The first kappa shape index (κ1) is 15.7. The van der Waals surface area contributed by atoms with Crippen LogP contribution in [0.4, 0.5) is 21.5 Å². The van der Waals surface area contributed by atoms with E-state index < -0.39 is 0 Å². The average molecular weight is 321 g/mol. The average Bonchev–Trinajstić information content (AvgIpc) is 2.63. The SMILES string of the molecule is CN(C(=O)c1cc(Nc2ccc(F)cc2)ccn1)c1ccccc1. The fraction of sp³-hybridized carbons (Fsp3) is 0.0526. The molecule has 0 radical (unpaired) electrons. The molecule has 1 aromatic heterocycles. The molecular weight excluding hydrogens is 305 g/mol. The molecule has 0 bridgehead atoms. The summed E-state index contributed by atoms with van der Waals surface area (Å²) >= 11 is 0. The molecule has 0 saturated heterocycles. The molecule has 1 amide bonds. The van der Waals surface area contributed by atoms with Gasteiger partial charge >= 0.3 is 0 Å². The Morgan fingerprint density at radius 1 is 1.00 bits per heavy atom. The van der Waals surface area contributed by atoms with Gasteiger partial charge < -0.3 is 10.2 Å². The summed E-state index contributed by atoms with van der Waals surface area (Å²) in [6.45, 7) is 0. The third kappa shape index (κ3) is 3.57. The molecule has 1 heterocycles. The van der Waals surface area contributed by atoms with Crippen LogP contribution in [0.5, 0.6) is 0 Å². The van der Waals surface area contributed by atoms with Gasteiger partial charge in [-0.15, -0.1) is 0 Å². The zero-order valence-corrected chi connectivity index (χ0v) is 13.1. The topological polar surface area (TPSA) is 45.2 Å². The second-order valence-electron chi connectivity index (χ2n) is 5.26. The van der Waals surface area contributed by atoms with Gasteiger partial charge in [0.05, 0.1) is 0 Å². The molecule has 0 unspecified atom stereocenters. The maximum atomic E-state index is 13.0. The molecule has 0 fully saturated rings. The van der Waals surface area contributed by atoms with Crippen molar-refractivity contribution in [2.75, 3.05) is 17.3 Å². The van der Waals surface area contributed by atoms with Gasteiger partial charge in [-0.2, -0.15) is 0 Å². The Bertz CT molecular complexity index is 835. The Balaban J connectivity index is 1.79. The summed E-state index contributed by atoms with van der Waals surface area (Å²) in [6.07, 6.45) is 1.57. The molecule has 4 nitrogen and oxygen atoms in total. The third-order valence-electron chi connectivity index (χ3n) is 3.56. The molecule has 3 aromatic rings. The van der Waals surface area contributed by atoms with Gasteiger partial charge in [0.15, 0.2) is 0 Å². The molecular formula is C19H16FN3O. The molecule has 3 rings (SSSR count). The molecule has 0 aliphatic carbocycles. The summed E-state index contributed by atoms with van der Waals surface area (Å²) in [5.74, 6) is -0.500. The number of para-hydroxylation sites is 1. The Labute approximate surface area is 139 Å². The van der Waals surface area contributed by atoms with Crippen LogP contribution in [0.1, 0.15) is 10.5 Å². The smallest absolute Gasteiger partial charge is 0.276 e. The van der Waals surface area contributed by atoms with Crippen molar-refractivity contribution in [3.63, 3.8) is 0 Å². The zero-order valence-electron chi connectivity index (χ0n) is 13.1. The minimum Gasteiger partial charge on any atom is -0.355 e. The van der Waals surface area contributed by atoms with Crippen molar-refractivity contribution >= 4 is 23.0 Å². The lowest BCUT2D eigenvalue weighted by atomic mass is 10.2. The van der Waals surface area contributed by atoms with Crippen LogP contribution >= 0.6 is 0 Å². The third-order valence-corrected chi connectivity index (χ3v) is 3.56. The van der Waals surface area contributed by atoms with Gasteiger partial charge in [0.1, 0.15) is 11.5 Å². The van der Waals surface area contributed by atoms with Gasteiger partial charge in [0.2, 0.25) is 0 Å². The van der Waals surface area contributed by atoms with E-state index in [1.54, 1.807) is 42.4 Å². The van der Waals surface area contributed by atoms with E-state index in [4.69, 9.17) is 0 Å². The molecule has 24 heavy (non-hydrogen) atoms. The maximum absolute atomic E-state index is 13.0. The van der Waals surface area contributed by atoms with E-state index in [0.717, 1.165) is 11.4 Å². The molecule has 5 heteroatoms. The van der Waals surface area contributed by atoms with Crippen LogP contribution in [0.3, 0.4) is 0 Å². The first-order chi connectivity index (χ1) is 11.6. The van der Waals surface area contributed by atoms with Crippen LogP contribution in [0.15, 0.2) is 72.9 Å². The van der Waals surface area contributed by atoms with E-state index in [9.17, 15) is 9.18 Å². The largest absolute Gasteiger partial charge is 0.355 e. The van der Waals surface area contributed by atoms with E-state index in [0.29, 0.717) is 11.4 Å². The van der Waals surface area contributed by atoms with Crippen molar-refractivity contribution in [1.29, 1.82) is 0 Å². The number of hydrogen-bond acceptors (Lipinski definition) is 3. The summed E-state index contributed by atoms with van der Waals surface area (Å²) in [5.41, 5.74) is 2.56. The van der Waals surface area contributed by atoms with E-state index in [1.807, 2.05) is 30.3 Å². The van der Waals surface area contributed by atoms with E-state index in [2.05, 4.69) is 10.3 Å². The molecule has 2 aromatic carbocycles. The number of hydrogen-bond donors (Lipinski definition) is 1. The number of carbonyl (C=O) groups is 1. The van der Waals surface area contributed by atoms with E-state index in [-0.39, 0.29) is 11.7 Å². The number of aromatic nitrogens is 1. The summed E-state index contributed by atoms with van der Waals surface area (Å²) in [5, 5.41) is 3.13. The highest BCUT2D eigenvalue weighted by Gasteiger charge is 2.15. The molecule has 0 atom stereocenters. The normalized spacial score (nSPS) is 10.2. The second-order valence-corrected chi connectivity index (χ2v) is 5.26. The Morgan fingerprint density at radius 3 is 2.42 bits per heavy atom. The summed E-state index contributed by atoms with van der Waals surface area (Å²) < 4.78 is 13.0. The molecule has 0 aliphatic rings. The van der Waals surface area contributed by atoms with E-state index in [1.165, 1.54) is 12.1 Å². The van der Waals surface area contributed by atoms with E-state index >= 15 is 0 Å². The Kier molecular flexibility index (Phi) is 4.52. The number of carbonyl (C=O) groups excluding carboxylic acids is 1. The standard InChI is InChI=1S/C19H16FN3O/c1-23(17-5-3-2-4-6-17)19(24)18-13-16(11-12-21-18)22-15-9-7-14(20)8-10-15/h2-13H,1H3,(H,21,22). The molecule has 0 saturated carbocycles. The first-order valence-electron chi connectivity index (χ1n) is 7.45. The van der Waals surface area contributed by atoms with Crippen molar-refractivity contribution in [2.24, 2.45) is 0 Å². The number of amides is 1. The van der Waals surface area contributed by atoms with Gasteiger partial charge in [-0.05, 0) is 48.5 Å². The number of nitrogens with zero attached hydrogens (tertiary/aromatic N) is 2. The predicted octanol–water partition coefficient (Wildman–Crippen LogP) is 4.24. The highest BCUT2D eigenvalue weighted by atomic mass is 19.1. The van der Waals surface area contributed by atoms with Gasteiger partial charge in [0, 0.05) is 30.3 Å². The quantitative estimate of drug-likeness (QED) is 0.782. The number of rotatable bonds is 4. The predicted molar refractivity (Wildman–Crippen MR) is 93.1 cm³/mol. The van der Waals surface area contributed by atoms with Crippen LogP contribution in [-0.4, -0.2) is 17.9 Å². The number of anilines is 3. The van der Waals surface area contributed by atoms with Crippen LogP contribution < -0.4 is 10.2 Å². The Hall–Kier alpha value is -3.21. The maximum Gasteiger partial charge on any atom is 0.276 e. The summed E-state index contributed by atoms with van der Waals surface area (Å²) in [6, 6.07) is 18.8. The van der Waals surface area contributed by atoms with Crippen LogP contribution in [0.2, 0.25) is 0 Å². The number of pyridine rings is 1. The Morgan fingerprint density at radius 2 is 1.71 bits per heavy atom.